The summed E-state index contributed by atoms with van der Waals surface area (Å²) in [5, 5.41) is 12.4. The van der Waals surface area contributed by atoms with E-state index in [0.29, 0.717) is 16.3 Å². The highest BCUT2D eigenvalue weighted by Gasteiger charge is 2.18. The van der Waals surface area contributed by atoms with Gasteiger partial charge >= 0.3 is 0 Å². The normalized spacial score (nSPS) is 10.6. The second-order valence-electron chi connectivity index (χ2n) is 5.18. The predicted molar refractivity (Wildman–Crippen MR) is 98.9 cm³/mol. The van der Waals surface area contributed by atoms with Crippen LogP contribution in [0.15, 0.2) is 71.9 Å². The van der Waals surface area contributed by atoms with Crippen LogP contribution in [0.4, 0.5) is 5.69 Å². The Morgan fingerprint density at radius 1 is 1.12 bits per heavy atom. The van der Waals surface area contributed by atoms with Crippen LogP contribution in [0.5, 0.6) is 0 Å². The van der Waals surface area contributed by atoms with Gasteiger partial charge in [-0.25, -0.2) is 0 Å². The number of thioether (sulfide) groups is 1. The van der Waals surface area contributed by atoms with E-state index in [1.807, 2.05) is 24.3 Å². The van der Waals surface area contributed by atoms with Crippen molar-refractivity contribution < 1.29 is 9.72 Å². The van der Waals surface area contributed by atoms with Crippen LogP contribution in [0.25, 0.3) is 5.69 Å². The summed E-state index contributed by atoms with van der Waals surface area (Å²) in [6.45, 7) is 0. The Bertz CT molecular complexity index is 925. The molecule has 0 saturated heterocycles. The molecule has 0 N–H and O–H groups in total. The van der Waals surface area contributed by atoms with E-state index in [-0.39, 0.29) is 17.2 Å². The summed E-state index contributed by atoms with van der Waals surface area (Å²) in [6.07, 6.45) is 1.73. The Labute approximate surface area is 153 Å². The number of carbonyl (C=O) groups is 1. The first kappa shape index (κ1) is 17.3. The third-order valence-corrected chi connectivity index (χ3v) is 4.82. The number of nitro benzene ring substituents is 1. The zero-order valence-corrected chi connectivity index (χ0v) is 14.5. The Morgan fingerprint density at radius 2 is 1.88 bits per heavy atom. The fourth-order valence-electron chi connectivity index (χ4n) is 2.38. The van der Waals surface area contributed by atoms with Gasteiger partial charge in [0, 0.05) is 22.8 Å². The molecule has 0 fully saturated rings. The third kappa shape index (κ3) is 3.92. The Hall–Kier alpha value is -2.57. The van der Waals surface area contributed by atoms with Crippen LogP contribution < -0.4 is 0 Å². The molecule has 0 bridgehead atoms. The van der Waals surface area contributed by atoms with E-state index in [4.69, 9.17) is 11.6 Å². The molecule has 25 heavy (non-hydrogen) atoms. The van der Waals surface area contributed by atoms with Crippen molar-refractivity contribution in [1.29, 1.82) is 0 Å². The average molecular weight is 373 g/mol. The fraction of sp³-hybridized carbons (Fsp3) is 0.0556. The zero-order chi connectivity index (χ0) is 17.8. The maximum Gasteiger partial charge on any atom is 0.294 e. The molecule has 0 unspecified atom stereocenters. The minimum atomic E-state index is -0.467. The van der Waals surface area contributed by atoms with E-state index in [1.54, 1.807) is 41.1 Å². The summed E-state index contributed by atoms with van der Waals surface area (Å²) in [4.78, 5) is 23.1. The number of rotatable bonds is 6. The summed E-state index contributed by atoms with van der Waals surface area (Å²) in [5.41, 5.74) is 0.972. The van der Waals surface area contributed by atoms with Crippen molar-refractivity contribution in [3.8, 4) is 5.69 Å². The molecule has 0 saturated carbocycles. The number of hydrogen-bond donors (Lipinski definition) is 0. The van der Waals surface area contributed by atoms with Gasteiger partial charge in [0.1, 0.15) is 5.69 Å². The molecule has 1 heterocycles. The first-order chi connectivity index (χ1) is 12.1. The molecular formula is C18H13ClN2O3S. The van der Waals surface area contributed by atoms with Gasteiger partial charge < -0.3 is 4.57 Å². The van der Waals surface area contributed by atoms with Crippen molar-refractivity contribution in [2.24, 2.45) is 0 Å². The van der Waals surface area contributed by atoms with Crippen LogP contribution in [-0.2, 0) is 0 Å². The van der Waals surface area contributed by atoms with Crippen LogP contribution in [0.3, 0.4) is 0 Å². The summed E-state index contributed by atoms with van der Waals surface area (Å²) in [6, 6.07) is 17.2. The van der Waals surface area contributed by atoms with Crippen molar-refractivity contribution in [2.45, 2.75) is 5.03 Å². The van der Waals surface area contributed by atoms with Crippen molar-refractivity contribution >= 4 is 34.8 Å². The topological polar surface area (TPSA) is 65.1 Å². The fourth-order valence-corrected chi connectivity index (χ4v) is 3.46. The Kier molecular flexibility index (Phi) is 5.21. The molecule has 0 spiro atoms. The Morgan fingerprint density at radius 3 is 2.60 bits per heavy atom. The maximum atomic E-state index is 12.3. The molecule has 3 rings (SSSR count). The van der Waals surface area contributed by atoms with Crippen molar-refractivity contribution in [3.05, 3.63) is 87.6 Å². The van der Waals surface area contributed by atoms with Gasteiger partial charge in [0.05, 0.1) is 15.7 Å². The van der Waals surface area contributed by atoms with Gasteiger partial charge in [0.15, 0.2) is 5.78 Å². The van der Waals surface area contributed by atoms with E-state index >= 15 is 0 Å². The molecule has 0 atom stereocenters. The van der Waals surface area contributed by atoms with Crippen LogP contribution in [0.2, 0.25) is 5.02 Å². The minimum Gasteiger partial charge on any atom is -0.306 e. The van der Waals surface area contributed by atoms with E-state index in [2.05, 4.69) is 0 Å². The molecule has 3 aromatic rings. The summed E-state index contributed by atoms with van der Waals surface area (Å²) in [5.74, 6) is 0.249. The van der Waals surface area contributed by atoms with Crippen molar-refractivity contribution in [3.63, 3.8) is 0 Å². The molecular weight excluding hydrogens is 360 g/mol. The van der Waals surface area contributed by atoms with Gasteiger partial charge in [-0.15, -0.1) is 0 Å². The quantitative estimate of drug-likeness (QED) is 0.264. The van der Waals surface area contributed by atoms with Crippen LogP contribution >= 0.6 is 23.4 Å². The number of aromatic nitrogens is 1. The highest BCUT2D eigenvalue weighted by Crippen LogP contribution is 2.31. The number of carbonyl (C=O) groups excluding carboxylic acids is 1. The number of nitrogens with zero attached hydrogens (tertiary/aromatic N) is 2. The monoisotopic (exact) mass is 372 g/mol. The number of Topliss-reactive ketones (excluding diaryl/α,β-unsaturated/α-hetero) is 1. The molecule has 126 valence electrons. The predicted octanol–water partition coefficient (Wildman–Crippen LogP) is 5.01. The van der Waals surface area contributed by atoms with Gasteiger partial charge in [-0.3, -0.25) is 14.9 Å². The molecule has 0 aliphatic carbocycles. The van der Waals surface area contributed by atoms with Gasteiger partial charge in [-0.05, 0) is 24.3 Å². The molecule has 7 heteroatoms. The van der Waals surface area contributed by atoms with Gasteiger partial charge in [0.25, 0.3) is 5.69 Å². The second kappa shape index (κ2) is 7.55. The molecule has 5 nitrogen and oxygen atoms in total. The lowest BCUT2D eigenvalue weighted by Gasteiger charge is -2.09. The lowest BCUT2D eigenvalue weighted by atomic mass is 10.2. The number of benzene rings is 2. The van der Waals surface area contributed by atoms with Crippen molar-refractivity contribution in [2.75, 3.05) is 5.75 Å². The van der Waals surface area contributed by atoms with Crippen LogP contribution in [0, 0.1) is 10.1 Å². The molecule has 0 amide bonds. The summed E-state index contributed by atoms with van der Waals surface area (Å²) < 4.78 is 1.69. The number of nitro groups is 1. The van der Waals surface area contributed by atoms with Gasteiger partial charge in [0.2, 0.25) is 0 Å². The zero-order valence-electron chi connectivity index (χ0n) is 13.0. The largest absolute Gasteiger partial charge is 0.306 e. The average Bonchev–Trinajstić information content (AvgIpc) is 3.08. The summed E-state index contributed by atoms with van der Waals surface area (Å²) >= 11 is 7.20. The smallest absolute Gasteiger partial charge is 0.294 e. The minimum absolute atomic E-state index is 0.00366. The van der Waals surface area contributed by atoms with E-state index in [0.717, 1.165) is 5.03 Å². The van der Waals surface area contributed by atoms with Gasteiger partial charge in [-0.1, -0.05) is 53.7 Å². The van der Waals surface area contributed by atoms with E-state index in [1.165, 1.54) is 17.8 Å². The molecule has 2 aromatic carbocycles. The second-order valence-corrected chi connectivity index (χ2v) is 6.62. The Balaban J connectivity index is 1.84. The first-order valence-corrected chi connectivity index (χ1v) is 8.75. The highest BCUT2D eigenvalue weighted by atomic mass is 35.5. The lowest BCUT2D eigenvalue weighted by molar-refractivity contribution is -0.384. The molecule has 0 aliphatic heterocycles. The molecule has 0 radical (unpaired) electrons. The molecule has 1 aromatic heterocycles. The summed E-state index contributed by atoms with van der Waals surface area (Å²) in [7, 11) is 0. The van der Waals surface area contributed by atoms with E-state index < -0.39 is 4.92 Å². The maximum absolute atomic E-state index is 12.3. The van der Waals surface area contributed by atoms with Gasteiger partial charge in [-0.2, -0.15) is 0 Å². The van der Waals surface area contributed by atoms with E-state index in [9.17, 15) is 14.9 Å². The van der Waals surface area contributed by atoms with Crippen molar-refractivity contribution in [1.82, 2.24) is 4.57 Å². The third-order valence-electron chi connectivity index (χ3n) is 3.55. The van der Waals surface area contributed by atoms with Crippen LogP contribution in [0.1, 0.15) is 10.4 Å². The lowest BCUT2D eigenvalue weighted by Crippen LogP contribution is -2.04. The molecule has 0 aliphatic rings. The van der Waals surface area contributed by atoms with Crippen LogP contribution in [-0.4, -0.2) is 21.0 Å². The number of ketones is 1. The number of hydrogen-bond acceptors (Lipinski definition) is 4. The number of halogens is 1. The first-order valence-electron chi connectivity index (χ1n) is 7.39. The SMILES string of the molecule is O=C(CSc1cccn1-c1ccc(Cl)cc1[N+](=O)[O-])c1ccccc1. The standard InChI is InChI=1S/C18H13ClN2O3S/c19-14-8-9-15(16(11-14)21(23)24)20-10-4-7-18(20)25-12-17(22)13-5-2-1-3-6-13/h1-11H,12H2. The highest BCUT2D eigenvalue weighted by molar-refractivity contribution is 8.00.